The number of ether oxygens (including phenoxy) is 1. The van der Waals surface area contributed by atoms with E-state index in [1.807, 2.05) is 6.92 Å². The number of hydrogen-bond acceptors (Lipinski definition) is 3. The van der Waals surface area contributed by atoms with Gasteiger partial charge in [-0.25, -0.2) is 8.78 Å². The monoisotopic (exact) mass is 231 g/mol. The van der Waals surface area contributed by atoms with Crippen molar-refractivity contribution in [3.63, 3.8) is 0 Å². The van der Waals surface area contributed by atoms with Gasteiger partial charge in [-0.2, -0.15) is 0 Å². The number of aliphatic hydroxyl groups is 1. The van der Waals surface area contributed by atoms with Crippen LogP contribution in [0.3, 0.4) is 0 Å². The van der Waals surface area contributed by atoms with Crippen LogP contribution in [0.2, 0.25) is 0 Å². The number of halogens is 2. The highest BCUT2D eigenvalue weighted by Crippen LogP contribution is 2.15. The van der Waals surface area contributed by atoms with Crippen molar-refractivity contribution < 1.29 is 18.6 Å². The maximum Gasteiger partial charge on any atom is 0.129 e. The Morgan fingerprint density at radius 1 is 1.31 bits per heavy atom. The van der Waals surface area contributed by atoms with Gasteiger partial charge in [-0.15, -0.1) is 0 Å². The zero-order chi connectivity index (χ0) is 12.0. The van der Waals surface area contributed by atoms with Crippen LogP contribution in [-0.4, -0.2) is 30.9 Å². The van der Waals surface area contributed by atoms with Crippen LogP contribution in [0, 0.1) is 11.6 Å². The normalized spacial score (nSPS) is 12.5. The molecular weight excluding hydrogens is 216 g/mol. The molecule has 16 heavy (non-hydrogen) atoms. The van der Waals surface area contributed by atoms with Crippen molar-refractivity contribution in [3.05, 3.63) is 29.8 Å². The second kappa shape index (κ2) is 6.40. The molecule has 0 radical (unpaired) electrons. The smallest absolute Gasteiger partial charge is 0.129 e. The first kappa shape index (κ1) is 12.9. The van der Waals surface area contributed by atoms with Gasteiger partial charge in [-0.05, 0) is 6.54 Å². The molecule has 90 valence electrons. The van der Waals surface area contributed by atoms with Gasteiger partial charge in [0, 0.05) is 18.2 Å². The third kappa shape index (κ3) is 4.12. The van der Waals surface area contributed by atoms with Crippen LogP contribution in [0.1, 0.15) is 6.92 Å². The molecular formula is C11H15F2NO2. The zero-order valence-corrected chi connectivity index (χ0v) is 9.04. The molecule has 0 spiro atoms. The highest BCUT2D eigenvalue weighted by molar-refractivity contribution is 5.23. The van der Waals surface area contributed by atoms with E-state index in [0.717, 1.165) is 18.2 Å². The summed E-state index contributed by atoms with van der Waals surface area (Å²) in [6, 6.07) is 2.74. The minimum absolute atomic E-state index is 0.0916. The molecule has 0 bridgehead atoms. The van der Waals surface area contributed by atoms with E-state index in [4.69, 9.17) is 9.84 Å². The molecule has 0 aliphatic heterocycles. The van der Waals surface area contributed by atoms with Crippen LogP contribution in [0.15, 0.2) is 18.2 Å². The van der Waals surface area contributed by atoms with Gasteiger partial charge in [0.15, 0.2) is 0 Å². The molecule has 3 nitrogen and oxygen atoms in total. The molecule has 0 amide bonds. The van der Waals surface area contributed by atoms with E-state index in [0.29, 0.717) is 6.54 Å². The van der Waals surface area contributed by atoms with E-state index in [1.165, 1.54) is 0 Å². The first-order chi connectivity index (χ1) is 7.65. The molecule has 0 aliphatic carbocycles. The molecule has 1 aromatic carbocycles. The van der Waals surface area contributed by atoms with E-state index in [1.54, 1.807) is 0 Å². The van der Waals surface area contributed by atoms with Crippen LogP contribution in [0.25, 0.3) is 0 Å². The average Bonchev–Trinajstić information content (AvgIpc) is 2.23. The fraction of sp³-hybridized carbons (Fsp3) is 0.455. The Morgan fingerprint density at radius 2 is 1.94 bits per heavy atom. The first-order valence-electron chi connectivity index (χ1n) is 5.08. The Balaban J connectivity index is 2.52. The Morgan fingerprint density at radius 3 is 2.44 bits per heavy atom. The lowest BCUT2D eigenvalue weighted by Crippen LogP contribution is -2.37. The van der Waals surface area contributed by atoms with Gasteiger partial charge >= 0.3 is 0 Å². The number of rotatable bonds is 6. The fourth-order valence-corrected chi connectivity index (χ4v) is 1.27. The van der Waals surface area contributed by atoms with Crippen molar-refractivity contribution in [1.29, 1.82) is 0 Å². The predicted octanol–water partition coefficient (Wildman–Crippen LogP) is 1.31. The van der Waals surface area contributed by atoms with Gasteiger partial charge in [0.2, 0.25) is 0 Å². The SMILES string of the molecule is CCNC(CO)COc1cc(F)cc(F)c1. The summed E-state index contributed by atoms with van der Waals surface area (Å²) in [4.78, 5) is 0. The van der Waals surface area contributed by atoms with E-state index in [2.05, 4.69) is 5.32 Å². The lowest BCUT2D eigenvalue weighted by atomic mass is 10.3. The lowest BCUT2D eigenvalue weighted by molar-refractivity contribution is 0.184. The molecule has 1 aromatic rings. The van der Waals surface area contributed by atoms with Crippen molar-refractivity contribution in [2.75, 3.05) is 19.8 Å². The molecule has 5 heteroatoms. The molecule has 2 N–H and O–H groups in total. The molecule has 0 saturated carbocycles. The highest BCUT2D eigenvalue weighted by atomic mass is 19.1. The van der Waals surface area contributed by atoms with Crippen LogP contribution in [0.5, 0.6) is 5.75 Å². The maximum atomic E-state index is 12.8. The Bertz CT molecular complexity index is 314. The third-order valence-electron chi connectivity index (χ3n) is 2.00. The third-order valence-corrected chi connectivity index (χ3v) is 2.00. The van der Waals surface area contributed by atoms with Crippen molar-refractivity contribution in [3.8, 4) is 5.75 Å². The minimum atomic E-state index is -0.681. The number of nitrogens with one attached hydrogen (secondary N) is 1. The molecule has 0 saturated heterocycles. The topological polar surface area (TPSA) is 41.5 Å². The summed E-state index contributed by atoms with van der Waals surface area (Å²) in [5, 5.41) is 11.9. The zero-order valence-electron chi connectivity index (χ0n) is 9.04. The van der Waals surface area contributed by atoms with Crippen LogP contribution < -0.4 is 10.1 Å². The molecule has 0 heterocycles. The average molecular weight is 231 g/mol. The summed E-state index contributed by atoms with van der Waals surface area (Å²) in [5.74, 6) is -1.24. The Labute approximate surface area is 93.0 Å². The number of likely N-dealkylation sites (N-methyl/N-ethyl adjacent to an activating group) is 1. The standard InChI is InChI=1S/C11H15F2NO2/c1-2-14-10(6-15)7-16-11-4-8(12)3-9(13)5-11/h3-5,10,14-15H,2,6-7H2,1H3. The van der Waals surface area contributed by atoms with Gasteiger partial charge in [0.25, 0.3) is 0 Å². The molecule has 0 fully saturated rings. The Hall–Kier alpha value is -1.20. The van der Waals surface area contributed by atoms with Gasteiger partial charge in [0.05, 0.1) is 12.6 Å². The maximum absolute atomic E-state index is 12.8. The number of aliphatic hydroxyl groups excluding tert-OH is 1. The fourth-order valence-electron chi connectivity index (χ4n) is 1.27. The van der Waals surface area contributed by atoms with Gasteiger partial charge in [-0.3, -0.25) is 0 Å². The van der Waals surface area contributed by atoms with E-state index >= 15 is 0 Å². The summed E-state index contributed by atoms with van der Waals surface area (Å²) >= 11 is 0. The summed E-state index contributed by atoms with van der Waals surface area (Å²) in [6.07, 6.45) is 0. The van der Waals surface area contributed by atoms with Crippen LogP contribution >= 0.6 is 0 Å². The molecule has 1 atom stereocenters. The second-order valence-electron chi connectivity index (χ2n) is 3.35. The molecule has 0 aromatic heterocycles. The van der Waals surface area contributed by atoms with E-state index in [-0.39, 0.29) is 25.0 Å². The summed E-state index contributed by atoms with van der Waals surface area (Å²) < 4.78 is 30.8. The number of hydrogen-bond donors (Lipinski definition) is 2. The Kier molecular flexibility index (Phi) is 5.14. The summed E-state index contributed by atoms with van der Waals surface area (Å²) in [5.41, 5.74) is 0. The van der Waals surface area contributed by atoms with Crippen LogP contribution in [-0.2, 0) is 0 Å². The van der Waals surface area contributed by atoms with Crippen LogP contribution in [0.4, 0.5) is 8.78 Å². The molecule has 1 rings (SSSR count). The van der Waals surface area contributed by atoms with Crippen molar-refractivity contribution in [2.24, 2.45) is 0 Å². The van der Waals surface area contributed by atoms with Crippen molar-refractivity contribution in [2.45, 2.75) is 13.0 Å². The van der Waals surface area contributed by atoms with E-state index in [9.17, 15) is 8.78 Å². The largest absolute Gasteiger partial charge is 0.492 e. The van der Waals surface area contributed by atoms with Crippen molar-refractivity contribution >= 4 is 0 Å². The highest BCUT2D eigenvalue weighted by Gasteiger charge is 2.07. The molecule has 0 aliphatic rings. The van der Waals surface area contributed by atoms with Gasteiger partial charge in [-0.1, -0.05) is 6.92 Å². The number of benzene rings is 1. The van der Waals surface area contributed by atoms with E-state index < -0.39 is 11.6 Å². The second-order valence-corrected chi connectivity index (χ2v) is 3.35. The lowest BCUT2D eigenvalue weighted by Gasteiger charge is -2.15. The quantitative estimate of drug-likeness (QED) is 0.775. The summed E-state index contributed by atoms with van der Waals surface area (Å²) in [6.45, 7) is 2.65. The molecule has 1 unspecified atom stereocenters. The first-order valence-corrected chi connectivity index (χ1v) is 5.08. The van der Waals surface area contributed by atoms with Gasteiger partial charge < -0.3 is 15.2 Å². The van der Waals surface area contributed by atoms with Gasteiger partial charge in [0.1, 0.15) is 24.0 Å². The van der Waals surface area contributed by atoms with Crippen molar-refractivity contribution in [1.82, 2.24) is 5.32 Å². The summed E-state index contributed by atoms with van der Waals surface area (Å²) in [7, 11) is 0. The predicted molar refractivity (Wildman–Crippen MR) is 56.4 cm³/mol. The minimum Gasteiger partial charge on any atom is -0.492 e.